The molecule has 0 radical (unpaired) electrons. The monoisotopic (exact) mass is 300 g/mol. The van der Waals surface area contributed by atoms with Gasteiger partial charge in [0.1, 0.15) is 0 Å². The van der Waals surface area contributed by atoms with E-state index in [9.17, 15) is 8.42 Å². The lowest BCUT2D eigenvalue weighted by Crippen LogP contribution is -2.33. The molecule has 8 heteroatoms. The zero-order valence-electron chi connectivity index (χ0n) is 11.7. The van der Waals surface area contributed by atoms with Crippen molar-refractivity contribution in [2.24, 2.45) is 16.8 Å². The Kier molecular flexibility index (Phi) is 5.34. The number of rotatable bonds is 6. The molecule has 7 nitrogen and oxygen atoms in total. The first-order valence-electron chi connectivity index (χ1n) is 6.11. The molecule has 0 saturated carbocycles. The van der Waals surface area contributed by atoms with Gasteiger partial charge in [0.05, 0.1) is 5.69 Å². The van der Waals surface area contributed by atoms with Crippen LogP contribution in [0.5, 0.6) is 0 Å². The highest BCUT2D eigenvalue weighted by molar-refractivity contribution is 7.90. The van der Waals surface area contributed by atoms with Gasteiger partial charge in [-0.3, -0.25) is 4.72 Å². The molecule has 1 rings (SSSR count). The molecule has 112 valence electrons. The Hall–Kier alpha value is -1.80. The number of hydrogen-bond donors (Lipinski definition) is 4. The van der Waals surface area contributed by atoms with Gasteiger partial charge in [-0.25, -0.2) is 0 Å². The van der Waals surface area contributed by atoms with E-state index in [0.717, 1.165) is 0 Å². The van der Waals surface area contributed by atoms with E-state index in [1.165, 1.54) is 0 Å². The lowest BCUT2D eigenvalue weighted by molar-refractivity contribution is 0.318. The molecule has 0 saturated heterocycles. The molecule has 0 fully saturated rings. The molecule has 0 amide bonds. The first-order chi connectivity index (χ1) is 9.26. The highest BCUT2D eigenvalue weighted by Crippen LogP contribution is 2.20. The van der Waals surface area contributed by atoms with Crippen LogP contribution in [-0.2, 0) is 10.2 Å². The summed E-state index contributed by atoms with van der Waals surface area (Å²) >= 11 is 0. The zero-order valence-corrected chi connectivity index (χ0v) is 12.5. The molecule has 0 aromatic heterocycles. The highest BCUT2D eigenvalue weighted by atomic mass is 32.2. The summed E-state index contributed by atoms with van der Waals surface area (Å²) in [5.74, 6) is 0.0392. The third kappa shape index (κ3) is 4.39. The van der Waals surface area contributed by atoms with Crippen molar-refractivity contribution >= 4 is 21.7 Å². The Bertz CT molecular complexity index is 597. The fourth-order valence-corrected chi connectivity index (χ4v) is 2.68. The Morgan fingerprint density at radius 2 is 2.10 bits per heavy atom. The molecule has 0 heterocycles. The van der Waals surface area contributed by atoms with Crippen LogP contribution in [0.15, 0.2) is 23.4 Å². The lowest BCUT2D eigenvalue weighted by atomic mass is 10.1. The van der Waals surface area contributed by atoms with Gasteiger partial charge >= 0.3 is 0 Å². The summed E-state index contributed by atoms with van der Waals surface area (Å²) in [5, 5.41) is 11.7. The molecular weight excluding hydrogens is 280 g/mol. The summed E-state index contributed by atoms with van der Waals surface area (Å²) in [7, 11) is -3.70. The van der Waals surface area contributed by atoms with Crippen molar-refractivity contribution in [2.75, 3.05) is 11.3 Å². The molecule has 0 bridgehead atoms. The number of oxime groups is 1. The van der Waals surface area contributed by atoms with Gasteiger partial charge in [-0.2, -0.15) is 13.1 Å². The maximum Gasteiger partial charge on any atom is 0.299 e. The molecule has 0 aliphatic heterocycles. The maximum absolute atomic E-state index is 11.9. The molecule has 0 atom stereocenters. The second-order valence-electron chi connectivity index (χ2n) is 4.83. The zero-order chi connectivity index (χ0) is 15.3. The maximum atomic E-state index is 11.9. The number of aryl methyl sites for hydroxylation is 1. The van der Waals surface area contributed by atoms with Gasteiger partial charge in [-0.05, 0) is 24.5 Å². The molecule has 20 heavy (non-hydrogen) atoms. The van der Waals surface area contributed by atoms with E-state index in [0.29, 0.717) is 17.7 Å². The standard InChI is InChI=1S/C12H20N4O3S/c1-8(2)7-14-20(18,19)16-10-6-4-5-9(3)11(10)12(13)15-17/h4-6,8,14,16-17H,7H2,1-3H3,(H2,13,15). The smallest absolute Gasteiger partial charge is 0.299 e. The molecule has 0 spiro atoms. The molecule has 0 unspecified atom stereocenters. The van der Waals surface area contributed by atoms with Crippen molar-refractivity contribution in [1.82, 2.24) is 4.72 Å². The minimum absolute atomic E-state index is 0.148. The Morgan fingerprint density at radius 1 is 1.45 bits per heavy atom. The van der Waals surface area contributed by atoms with Gasteiger partial charge in [-0.15, -0.1) is 0 Å². The van der Waals surface area contributed by atoms with Crippen molar-refractivity contribution in [3.63, 3.8) is 0 Å². The molecule has 1 aromatic carbocycles. The number of nitrogens with zero attached hydrogens (tertiary/aromatic N) is 1. The molecule has 1 aromatic rings. The number of benzene rings is 1. The van der Waals surface area contributed by atoms with Crippen molar-refractivity contribution < 1.29 is 13.6 Å². The van der Waals surface area contributed by atoms with Crippen LogP contribution in [0.2, 0.25) is 0 Å². The summed E-state index contributed by atoms with van der Waals surface area (Å²) < 4.78 is 28.6. The molecule has 0 aliphatic rings. The van der Waals surface area contributed by atoms with Gasteiger partial charge in [0.15, 0.2) is 5.84 Å². The van der Waals surface area contributed by atoms with Crippen LogP contribution >= 0.6 is 0 Å². The highest BCUT2D eigenvalue weighted by Gasteiger charge is 2.16. The third-order valence-corrected chi connectivity index (χ3v) is 3.60. The lowest BCUT2D eigenvalue weighted by Gasteiger charge is -2.15. The van der Waals surface area contributed by atoms with Crippen molar-refractivity contribution in [1.29, 1.82) is 0 Å². The third-order valence-electron chi connectivity index (χ3n) is 2.56. The van der Waals surface area contributed by atoms with Gasteiger partial charge in [0.25, 0.3) is 10.2 Å². The molecule has 5 N–H and O–H groups in total. The van der Waals surface area contributed by atoms with Crippen molar-refractivity contribution in [2.45, 2.75) is 20.8 Å². The number of nitrogens with one attached hydrogen (secondary N) is 2. The van der Waals surface area contributed by atoms with E-state index in [4.69, 9.17) is 10.9 Å². The van der Waals surface area contributed by atoms with Crippen LogP contribution in [0, 0.1) is 12.8 Å². The van der Waals surface area contributed by atoms with E-state index in [1.54, 1.807) is 25.1 Å². The van der Waals surface area contributed by atoms with E-state index in [-0.39, 0.29) is 17.4 Å². The average Bonchev–Trinajstić information content (AvgIpc) is 2.35. The van der Waals surface area contributed by atoms with Crippen LogP contribution in [0.4, 0.5) is 5.69 Å². The SMILES string of the molecule is Cc1cccc(NS(=O)(=O)NCC(C)C)c1/C(N)=N/O. The number of amidine groups is 1. The van der Waals surface area contributed by atoms with E-state index in [2.05, 4.69) is 14.6 Å². The van der Waals surface area contributed by atoms with Gasteiger partial charge in [-0.1, -0.05) is 31.1 Å². The molecule has 0 aliphatic carbocycles. The summed E-state index contributed by atoms with van der Waals surface area (Å²) in [6, 6.07) is 4.98. The second-order valence-corrected chi connectivity index (χ2v) is 6.33. The average molecular weight is 300 g/mol. The summed E-state index contributed by atoms with van der Waals surface area (Å²) in [6.45, 7) is 5.86. The van der Waals surface area contributed by atoms with Gasteiger partial charge < -0.3 is 10.9 Å². The quantitative estimate of drug-likeness (QED) is 0.271. The van der Waals surface area contributed by atoms with E-state index >= 15 is 0 Å². The Labute approximate surface area is 119 Å². The van der Waals surface area contributed by atoms with Crippen molar-refractivity contribution in [3.8, 4) is 0 Å². The van der Waals surface area contributed by atoms with Crippen LogP contribution in [0.25, 0.3) is 0 Å². The first-order valence-corrected chi connectivity index (χ1v) is 7.60. The summed E-state index contributed by atoms with van der Waals surface area (Å²) in [4.78, 5) is 0. The van der Waals surface area contributed by atoms with Gasteiger partial charge in [0.2, 0.25) is 0 Å². The first kappa shape index (κ1) is 16.3. The topological polar surface area (TPSA) is 117 Å². The van der Waals surface area contributed by atoms with E-state index < -0.39 is 10.2 Å². The van der Waals surface area contributed by atoms with Crippen LogP contribution in [0.1, 0.15) is 25.0 Å². The fourth-order valence-electron chi connectivity index (χ4n) is 1.60. The largest absolute Gasteiger partial charge is 0.409 e. The fraction of sp³-hybridized carbons (Fsp3) is 0.417. The van der Waals surface area contributed by atoms with Crippen molar-refractivity contribution in [3.05, 3.63) is 29.3 Å². The van der Waals surface area contributed by atoms with Crippen LogP contribution in [-0.4, -0.2) is 26.0 Å². The minimum atomic E-state index is -3.70. The minimum Gasteiger partial charge on any atom is -0.409 e. The second kappa shape index (κ2) is 6.58. The Balaban J connectivity index is 3.07. The number of hydrogen-bond acceptors (Lipinski definition) is 4. The predicted molar refractivity (Wildman–Crippen MR) is 79.1 cm³/mol. The number of anilines is 1. The summed E-state index contributed by atoms with van der Waals surface area (Å²) in [5.41, 5.74) is 6.89. The summed E-state index contributed by atoms with van der Waals surface area (Å²) in [6.07, 6.45) is 0. The predicted octanol–water partition coefficient (Wildman–Crippen LogP) is 0.992. The number of nitrogens with two attached hydrogens (primary N) is 1. The molecular formula is C12H20N4O3S. The van der Waals surface area contributed by atoms with Crippen LogP contribution in [0.3, 0.4) is 0 Å². The normalized spacial score (nSPS) is 12.7. The Morgan fingerprint density at radius 3 is 2.65 bits per heavy atom. The van der Waals surface area contributed by atoms with Gasteiger partial charge in [0, 0.05) is 12.1 Å². The van der Waals surface area contributed by atoms with Crippen LogP contribution < -0.4 is 15.2 Å². The van der Waals surface area contributed by atoms with E-state index in [1.807, 2.05) is 13.8 Å².